The Morgan fingerprint density at radius 1 is 1.62 bits per heavy atom. The minimum absolute atomic E-state index is 0.0169. The molecule has 1 aliphatic carbocycles. The quantitative estimate of drug-likeness (QED) is 0.646. The molecule has 6 heteroatoms. The molecule has 0 bridgehead atoms. The Kier molecular flexibility index (Phi) is 3.21. The average molecular weight is 239 g/mol. The Labute approximate surface area is 96.4 Å². The Morgan fingerprint density at radius 2 is 2.44 bits per heavy atom. The van der Waals surface area contributed by atoms with Crippen molar-refractivity contribution in [3.63, 3.8) is 0 Å². The second-order valence-corrected chi connectivity index (χ2v) is 4.62. The first-order valence-corrected chi connectivity index (χ1v) is 5.91. The van der Waals surface area contributed by atoms with Crippen LogP contribution >= 0.6 is 11.3 Å². The first-order chi connectivity index (χ1) is 7.65. The SMILES string of the molecule is NC1C=CC(C(=O)NCc2csc(=O)[nH]2)C1. The third kappa shape index (κ3) is 2.59. The molecule has 0 fully saturated rings. The van der Waals surface area contributed by atoms with Crippen LogP contribution in [0.4, 0.5) is 0 Å². The lowest BCUT2D eigenvalue weighted by Crippen LogP contribution is -2.30. The van der Waals surface area contributed by atoms with E-state index in [0.717, 1.165) is 17.0 Å². The molecule has 2 unspecified atom stereocenters. The summed E-state index contributed by atoms with van der Waals surface area (Å²) in [7, 11) is 0. The smallest absolute Gasteiger partial charge is 0.304 e. The highest BCUT2D eigenvalue weighted by atomic mass is 32.1. The first kappa shape index (κ1) is 11.1. The van der Waals surface area contributed by atoms with Crippen LogP contribution in [0, 0.1) is 5.92 Å². The van der Waals surface area contributed by atoms with Crippen molar-refractivity contribution in [2.75, 3.05) is 0 Å². The number of hydrogen-bond acceptors (Lipinski definition) is 4. The fourth-order valence-electron chi connectivity index (χ4n) is 1.64. The number of thiazole rings is 1. The van der Waals surface area contributed by atoms with Crippen LogP contribution < -0.4 is 15.9 Å². The van der Waals surface area contributed by atoms with Gasteiger partial charge in [-0.1, -0.05) is 23.5 Å². The van der Waals surface area contributed by atoms with E-state index < -0.39 is 0 Å². The van der Waals surface area contributed by atoms with Crippen molar-refractivity contribution in [3.8, 4) is 0 Å². The van der Waals surface area contributed by atoms with Gasteiger partial charge in [0, 0.05) is 17.1 Å². The van der Waals surface area contributed by atoms with Crippen molar-refractivity contribution in [3.05, 3.63) is 32.9 Å². The summed E-state index contributed by atoms with van der Waals surface area (Å²) < 4.78 is 0. The Bertz CT molecular complexity index is 463. The minimum atomic E-state index is -0.139. The van der Waals surface area contributed by atoms with E-state index in [9.17, 15) is 9.59 Å². The van der Waals surface area contributed by atoms with Gasteiger partial charge in [-0.3, -0.25) is 9.59 Å². The number of rotatable bonds is 3. The lowest BCUT2D eigenvalue weighted by molar-refractivity contribution is -0.123. The van der Waals surface area contributed by atoms with Crippen LogP contribution in [0.5, 0.6) is 0 Å². The summed E-state index contributed by atoms with van der Waals surface area (Å²) >= 11 is 1.09. The second kappa shape index (κ2) is 4.63. The molecule has 1 amide bonds. The predicted molar refractivity (Wildman–Crippen MR) is 62.0 cm³/mol. The molecule has 0 spiro atoms. The minimum Gasteiger partial charge on any atom is -0.350 e. The third-order valence-electron chi connectivity index (χ3n) is 2.48. The Morgan fingerprint density at radius 3 is 3.00 bits per heavy atom. The summed E-state index contributed by atoms with van der Waals surface area (Å²) in [5, 5.41) is 4.47. The number of hydrogen-bond donors (Lipinski definition) is 3. The number of nitrogens with one attached hydrogen (secondary N) is 2. The number of H-pyrrole nitrogens is 1. The van der Waals surface area contributed by atoms with E-state index in [2.05, 4.69) is 10.3 Å². The van der Waals surface area contributed by atoms with Gasteiger partial charge in [-0.25, -0.2) is 0 Å². The number of amides is 1. The molecule has 1 aliphatic rings. The summed E-state index contributed by atoms with van der Waals surface area (Å²) in [6.07, 6.45) is 4.33. The van der Waals surface area contributed by atoms with Crippen LogP contribution in [-0.2, 0) is 11.3 Å². The molecule has 5 nitrogen and oxygen atoms in total. The van der Waals surface area contributed by atoms with Gasteiger partial charge in [0.25, 0.3) is 0 Å². The van der Waals surface area contributed by atoms with Gasteiger partial charge in [0.05, 0.1) is 12.5 Å². The van der Waals surface area contributed by atoms with Crippen molar-refractivity contribution < 1.29 is 4.79 Å². The third-order valence-corrected chi connectivity index (χ3v) is 3.20. The zero-order valence-electron chi connectivity index (χ0n) is 8.60. The number of carbonyl (C=O) groups excluding carboxylic acids is 1. The lowest BCUT2D eigenvalue weighted by atomic mass is 10.1. The van der Waals surface area contributed by atoms with Crippen molar-refractivity contribution in [1.29, 1.82) is 0 Å². The predicted octanol–water partition coefficient (Wildman–Crippen LogP) is -0.0440. The number of nitrogens with two attached hydrogens (primary N) is 1. The molecule has 0 saturated carbocycles. The number of aromatic amines is 1. The Hall–Kier alpha value is -1.40. The van der Waals surface area contributed by atoms with E-state index in [1.54, 1.807) is 5.38 Å². The van der Waals surface area contributed by atoms with E-state index >= 15 is 0 Å². The van der Waals surface area contributed by atoms with E-state index in [0.29, 0.717) is 13.0 Å². The zero-order valence-corrected chi connectivity index (χ0v) is 9.42. The van der Waals surface area contributed by atoms with Crippen LogP contribution in [0.2, 0.25) is 0 Å². The van der Waals surface area contributed by atoms with Gasteiger partial charge in [0.2, 0.25) is 5.91 Å². The molecular formula is C10H13N3O2S. The van der Waals surface area contributed by atoms with Crippen LogP contribution in [0.15, 0.2) is 22.3 Å². The van der Waals surface area contributed by atoms with Gasteiger partial charge >= 0.3 is 4.87 Å². The van der Waals surface area contributed by atoms with E-state index in [1.165, 1.54) is 0 Å². The van der Waals surface area contributed by atoms with Crippen LogP contribution in [0.3, 0.4) is 0 Å². The molecule has 16 heavy (non-hydrogen) atoms. The molecular weight excluding hydrogens is 226 g/mol. The topological polar surface area (TPSA) is 88.0 Å². The molecule has 4 N–H and O–H groups in total. The maximum absolute atomic E-state index is 11.7. The van der Waals surface area contributed by atoms with Gasteiger partial charge in [0.15, 0.2) is 0 Å². The van der Waals surface area contributed by atoms with Crippen molar-refractivity contribution in [2.24, 2.45) is 11.7 Å². The van der Waals surface area contributed by atoms with Gasteiger partial charge in [0.1, 0.15) is 0 Å². The van der Waals surface area contributed by atoms with Crippen LogP contribution in [0.25, 0.3) is 0 Å². The normalized spacial score (nSPS) is 23.6. The number of carbonyl (C=O) groups is 1. The van der Waals surface area contributed by atoms with Gasteiger partial charge in [-0.05, 0) is 6.42 Å². The molecule has 2 rings (SSSR count). The molecule has 1 aromatic heterocycles. The molecule has 0 saturated heterocycles. The molecule has 1 aromatic rings. The lowest BCUT2D eigenvalue weighted by Gasteiger charge is -2.09. The monoisotopic (exact) mass is 239 g/mol. The summed E-state index contributed by atoms with van der Waals surface area (Å²) in [6.45, 7) is 0.358. The summed E-state index contributed by atoms with van der Waals surface area (Å²) in [5.74, 6) is -0.184. The van der Waals surface area contributed by atoms with Gasteiger partial charge in [-0.2, -0.15) is 0 Å². The average Bonchev–Trinajstić information content (AvgIpc) is 2.84. The summed E-state index contributed by atoms with van der Waals surface area (Å²) in [6, 6.07) is -0.0169. The van der Waals surface area contributed by atoms with Gasteiger partial charge in [-0.15, -0.1) is 0 Å². The van der Waals surface area contributed by atoms with Gasteiger partial charge < -0.3 is 16.0 Å². The Balaban J connectivity index is 1.84. The highest BCUT2D eigenvalue weighted by molar-refractivity contribution is 7.07. The highest BCUT2D eigenvalue weighted by Crippen LogP contribution is 2.16. The fraction of sp³-hybridized carbons (Fsp3) is 0.400. The van der Waals surface area contributed by atoms with E-state index in [4.69, 9.17) is 5.73 Å². The zero-order chi connectivity index (χ0) is 11.5. The van der Waals surface area contributed by atoms with Crippen molar-refractivity contribution in [1.82, 2.24) is 10.3 Å². The van der Waals surface area contributed by atoms with E-state index in [1.807, 2.05) is 12.2 Å². The standard InChI is InChI=1S/C10H13N3O2S/c11-7-2-1-6(3-7)9(14)12-4-8-5-16-10(15)13-8/h1-2,5-7H,3-4,11H2,(H,12,14)(H,13,15). The molecule has 0 aliphatic heterocycles. The highest BCUT2D eigenvalue weighted by Gasteiger charge is 2.22. The van der Waals surface area contributed by atoms with E-state index in [-0.39, 0.29) is 22.7 Å². The maximum atomic E-state index is 11.7. The maximum Gasteiger partial charge on any atom is 0.304 e. The molecule has 0 aromatic carbocycles. The summed E-state index contributed by atoms with van der Waals surface area (Å²) in [4.78, 5) is 25.1. The fourth-order valence-corrected chi connectivity index (χ4v) is 2.22. The number of aromatic nitrogens is 1. The van der Waals surface area contributed by atoms with Crippen molar-refractivity contribution >= 4 is 17.2 Å². The molecule has 0 radical (unpaired) electrons. The molecule has 2 atom stereocenters. The van der Waals surface area contributed by atoms with Crippen LogP contribution in [-0.4, -0.2) is 16.9 Å². The van der Waals surface area contributed by atoms with Crippen molar-refractivity contribution in [2.45, 2.75) is 19.0 Å². The molecule has 1 heterocycles. The summed E-state index contributed by atoms with van der Waals surface area (Å²) in [5.41, 5.74) is 6.39. The first-order valence-electron chi connectivity index (χ1n) is 5.03. The van der Waals surface area contributed by atoms with Crippen LogP contribution in [0.1, 0.15) is 12.1 Å². The molecule has 86 valence electrons. The largest absolute Gasteiger partial charge is 0.350 e. The second-order valence-electron chi connectivity index (χ2n) is 3.78.